The van der Waals surface area contributed by atoms with Crippen LogP contribution < -0.4 is 5.32 Å². The molecule has 25 heavy (non-hydrogen) atoms. The van der Waals surface area contributed by atoms with Gasteiger partial charge in [0.05, 0.1) is 12.1 Å². The smallest absolute Gasteiger partial charge is 0.224 e. The fourth-order valence-electron chi connectivity index (χ4n) is 3.73. The van der Waals surface area contributed by atoms with Crippen molar-refractivity contribution in [1.82, 2.24) is 19.9 Å². The van der Waals surface area contributed by atoms with Crippen molar-refractivity contribution in [3.05, 3.63) is 53.0 Å². The van der Waals surface area contributed by atoms with E-state index in [0.29, 0.717) is 0 Å². The molecule has 1 aliphatic rings. The minimum atomic E-state index is -0.288. The molecule has 1 aromatic carbocycles. The highest BCUT2D eigenvalue weighted by atomic mass is 19.1. The van der Waals surface area contributed by atoms with Crippen molar-refractivity contribution in [3.8, 4) is 0 Å². The number of benzene rings is 1. The van der Waals surface area contributed by atoms with Gasteiger partial charge in [-0.2, -0.15) is 0 Å². The predicted molar refractivity (Wildman–Crippen MR) is 93.9 cm³/mol. The zero-order chi connectivity index (χ0) is 17.6. The number of imidazole rings is 1. The SMILES string of the molecule is Cc1cn2c(n1)CC[C@@H](NC(=O)Cc1c(C)[nH]c3ccc(F)cc13)C2. The van der Waals surface area contributed by atoms with Gasteiger partial charge in [0, 0.05) is 41.8 Å². The first-order valence-electron chi connectivity index (χ1n) is 8.58. The van der Waals surface area contributed by atoms with E-state index in [1.807, 2.05) is 20.0 Å². The number of H-pyrrole nitrogens is 1. The van der Waals surface area contributed by atoms with Crippen LogP contribution in [0.3, 0.4) is 0 Å². The summed E-state index contributed by atoms with van der Waals surface area (Å²) in [6.45, 7) is 4.66. The van der Waals surface area contributed by atoms with E-state index in [0.717, 1.165) is 53.1 Å². The lowest BCUT2D eigenvalue weighted by Gasteiger charge is -2.24. The number of hydrogen-bond acceptors (Lipinski definition) is 2. The van der Waals surface area contributed by atoms with Crippen molar-refractivity contribution >= 4 is 16.8 Å². The van der Waals surface area contributed by atoms with E-state index in [1.165, 1.54) is 12.1 Å². The van der Waals surface area contributed by atoms with Crippen LogP contribution in [0.1, 0.15) is 29.2 Å². The van der Waals surface area contributed by atoms with Gasteiger partial charge in [-0.1, -0.05) is 0 Å². The van der Waals surface area contributed by atoms with E-state index in [1.54, 1.807) is 6.07 Å². The number of aromatic amines is 1. The van der Waals surface area contributed by atoms with Crippen molar-refractivity contribution < 1.29 is 9.18 Å². The van der Waals surface area contributed by atoms with Gasteiger partial charge in [0.25, 0.3) is 0 Å². The third kappa shape index (κ3) is 3.04. The normalized spacial score (nSPS) is 16.8. The monoisotopic (exact) mass is 340 g/mol. The molecule has 2 aromatic heterocycles. The quantitative estimate of drug-likeness (QED) is 0.770. The van der Waals surface area contributed by atoms with Gasteiger partial charge in [0.1, 0.15) is 11.6 Å². The van der Waals surface area contributed by atoms with Crippen LogP contribution in [0.2, 0.25) is 0 Å². The Kier molecular flexibility index (Phi) is 3.82. The van der Waals surface area contributed by atoms with Crippen LogP contribution in [-0.4, -0.2) is 26.5 Å². The van der Waals surface area contributed by atoms with Gasteiger partial charge in [-0.25, -0.2) is 9.37 Å². The Bertz CT molecular complexity index is 956. The number of nitrogens with zero attached hydrogens (tertiary/aromatic N) is 2. The topological polar surface area (TPSA) is 62.7 Å². The molecule has 0 unspecified atom stereocenters. The molecule has 2 N–H and O–H groups in total. The maximum atomic E-state index is 13.6. The van der Waals surface area contributed by atoms with E-state index >= 15 is 0 Å². The summed E-state index contributed by atoms with van der Waals surface area (Å²) in [7, 11) is 0. The maximum Gasteiger partial charge on any atom is 0.224 e. The molecule has 0 saturated heterocycles. The highest BCUT2D eigenvalue weighted by Gasteiger charge is 2.22. The minimum absolute atomic E-state index is 0.0291. The third-order valence-corrected chi connectivity index (χ3v) is 4.90. The second-order valence-electron chi connectivity index (χ2n) is 6.85. The fraction of sp³-hybridized carbons (Fsp3) is 0.368. The lowest BCUT2D eigenvalue weighted by atomic mass is 10.0. The van der Waals surface area contributed by atoms with Gasteiger partial charge in [-0.05, 0) is 44.0 Å². The molecule has 0 saturated carbocycles. The van der Waals surface area contributed by atoms with E-state index < -0.39 is 0 Å². The Morgan fingerprint density at radius 1 is 1.44 bits per heavy atom. The van der Waals surface area contributed by atoms with Crippen molar-refractivity contribution in [2.75, 3.05) is 0 Å². The largest absolute Gasteiger partial charge is 0.358 e. The highest BCUT2D eigenvalue weighted by molar-refractivity contribution is 5.90. The molecule has 0 bridgehead atoms. The molecule has 0 spiro atoms. The first kappa shape index (κ1) is 15.9. The molecular formula is C19H21FN4O. The Morgan fingerprint density at radius 2 is 2.28 bits per heavy atom. The summed E-state index contributed by atoms with van der Waals surface area (Å²) in [5.41, 5.74) is 3.64. The molecule has 3 heterocycles. The Labute approximate surface area is 145 Å². The van der Waals surface area contributed by atoms with Crippen LogP contribution in [0, 0.1) is 19.7 Å². The fourth-order valence-corrected chi connectivity index (χ4v) is 3.73. The van der Waals surface area contributed by atoms with Gasteiger partial charge < -0.3 is 14.9 Å². The first-order valence-corrected chi connectivity index (χ1v) is 8.58. The van der Waals surface area contributed by atoms with E-state index in [4.69, 9.17) is 0 Å². The van der Waals surface area contributed by atoms with Crippen molar-refractivity contribution in [2.45, 2.75) is 45.7 Å². The van der Waals surface area contributed by atoms with E-state index in [2.05, 4.69) is 19.9 Å². The van der Waals surface area contributed by atoms with Crippen molar-refractivity contribution in [1.29, 1.82) is 0 Å². The summed E-state index contributed by atoms with van der Waals surface area (Å²) in [5, 5.41) is 3.90. The standard InChI is InChI=1S/C19H21FN4O/c1-11-9-24-10-14(4-6-18(24)21-11)23-19(25)8-15-12(2)22-17-5-3-13(20)7-16(15)17/h3,5,7,9,14,22H,4,6,8,10H2,1-2H3,(H,23,25)/t14-/m1/s1. The number of rotatable bonds is 3. The Balaban J connectivity index is 1.48. The summed E-state index contributed by atoms with van der Waals surface area (Å²) in [6, 6.07) is 4.73. The molecule has 6 heteroatoms. The Hall–Kier alpha value is -2.63. The second-order valence-corrected chi connectivity index (χ2v) is 6.85. The van der Waals surface area contributed by atoms with Crippen LogP contribution in [-0.2, 0) is 24.2 Å². The van der Waals surface area contributed by atoms with E-state index in [9.17, 15) is 9.18 Å². The zero-order valence-corrected chi connectivity index (χ0v) is 14.4. The highest BCUT2D eigenvalue weighted by Crippen LogP contribution is 2.24. The molecule has 5 nitrogen and oxygen atoms in total. The number of carbonyl (C=O) groups is 1. The zero-order valence-electron chi connectivity index (χ0n) is 14.4. The number of aryl methyl sites for hydroxylation is 3. The molecule has 3 aromatic rings. The number of amides is 1. The van der Waals surface area contributed by atoms with Gasteiger partial charge >= 0.3 is 0 Å². The minimum Gasteiger partial charge on any atom is -0.358 e. The number of halogens is 1. The molecule has 130 valence electrons. The van der Waals surface area contributed by atoms with Gasteiger partial charge in [0.2, 0.25) is 5.91 Å². The average molecular weight is 340 g/mol. The summed E-state index contributed by atoms with van der Waals surface area (Å²) >= 11 is 0. The molecule has 0 aliphatic carbocycles. The van der Waals surface area contributed by atoms with E-state index in [-0.39, 0.29) is 24.2 Å². The molecule has 4 rings (SSSR count). The average Bonchev–Trinajstić information content (AvgIpc) is 3.06. The van der Waals surface area contributed by atoms with Crippen LogP contribution in [0.4, 0.5) is 4.39 Å². The first-order chi connectivity index (χ1) is 12.0. The predicted octanol–water partition coefficient (Wildman–Crippen LogP) is 2.79. The molecule has 1 aliphatic heterocycles. The summed E-state index contributed by atoms with van der Waals surface area (Å²) < 4.78 is 15.7. The second kappa shape index (κ2) is 6.02. The lowest BCUT2D eigenvalue weighted by Crippen LogP contribution is -2.41. The number of hydrogen-bond donors (Lipinski definition) is 2. The van der Waals surface area contributed by atoms with Gasteiger partial charge in [-0.15, -0.1) is 0 Å². The van der Waals surface area contributed by atoms with Crippen LogP contribution in [0.5, 0.6) is 0 Å². The van der Waals surface area contributed by atoms with Crippen LogP contribution in [0.15, 0.2) is 24.4 Å². The summed E-state index contributed by atoms with van der Waals surface area (Å²) in [6.07, 6.45) is 4.04. The van der Waals surface area contributed by atoms with Crippen LogP contribution in [0.25, 0.3) is 10.9 Å². The number of fused-ring (bicyclic) bond motifs is 2. The van der Waals surface area contributed by atoms with Gasteiger partial charge in [-0.3, -0.25) is 4.79 Å². The Morgan fingerprint density at radius 3 is 3.12 bits per heavy atom. The van der Waals surface area contributed by atoms with Crippen molar-refractivity contribution in [2.24, 2.45) is 0 Å². The number of nitrogens with one attached hydrogen (secondary N) is 2. The molecular weight excluding hydrogens is 319 g/mol. The lowest BCUT2D eigenvalue weighted by molar-refractivity contribution is -0.121. The summed E-state index contributed by atoms with van der Waals surface area (Å²) in [5.74, 6) is 0.771. The number of carbonyl (C=O) groups excluding carboxylic acids is 1. The molecule has 1 atom stereocenters. The van der Waals surface area contributed by atoms with Gasteiger partial charge in [0.15, 0.2) is 0 Å². The van der Waals surface area contributed by atoms with Crippen LogP contribution >= 0.6 is 0 Å². The molecule has 0 radical (unpaired) electrons. The third-order valence-electron chi connectivity index (χ3n) is 4.90. The van der Waals surface area contributed by atoms with Crippen molar-refractivity contribution in [3.63, 3.8) is 0 Å². The molecule has 1 amide bonds. The maximum absolute atomic E-state index is 13.6. The summed E-state index contributed by atoms with van der Waals surface area (Å²) in [4.78, 5) is 20.2. The molecule has 0 fully saturated rings. The number of aromatic nitrogens is 3.